The average Bonchev–Trinajstić information content (AvgIpc) is 3.35. The van der Waals surface area contributed by atoms with Crippen molar-refractivity contribution in [3.8, 4) is 28.1 Å². The first kappa shape index (κ1) is 21.8. The molecule has 0 bridgehead atoms. The van der Waals surface area contributed by atoms with Crippen molar-refractivity contribution >= 4 is 43.5 Å². The van der Waals surface area contributed by atoms with Gasteiger partial charge in [0.15, 0.2) is 0 Å². The van der Waals surface area contributed by atoms with Crippen molar-refractivity contribution in [2.75, 3.05) is 0 Å². The van der Waals surface area contributed by atoms with Gasteiger partial charge in [-0.2, -0.15) is 0 Å². The van der Waals surface area contributed by atoms with Crippen LogP contribution >= 0.6 is 0 Å². The fourth-order valence-corrected chi connectivity index (χ4v) is 6.04. The lowest BCUT2D eigenvalue weighted by Gasteiger charge is -2.16. The molecule has 0 fully saturated rings. The topological polar surface area (TPSA) is 17.8 Å². The molecule has 8 rings (SSSR count). The van der Waals surface area contributed by atoms with E-state index in [9.17, 15) is 0 Å². The lowest BCUT2D eigenvalue weighted by atomic mass is 9.93. The third-order valence-corrected chi connectivity index (χ3v) is 7.79. The van der Waals surface area contributed by atoms with Gasteiger partial charge in [-0.3, -0.25) is 0 Å². The van der Waals surface area contributed by atoms with E-state index in [0.29, 0.717) is 0 Å². The van der Waals surface area contributed by atoms with E-state index in [0.717, 1.165) is 27.8 Å². The highest BCUT2D eigenvalue weighted by Gasteiger charge is 2.18. The van der Waals surface area contributed by atoms with Crippen molar-refractivity contribution in [3.05, 3.63) is 146 Å². The number of rotatable bonds is 3. The van der Waals surface area contributed by atoms with E-state index < -0.39 is 0 Å². The second-order valence-electron chi connectivity index (χ2n) is 9.99. The summed E-state index contributed by atoms with van der Waals surface area (Å²) in [6.45, 7) is 0. The van der Waals surface area contributed by atoms with Gasteiger partial charge < -0.3 is 4.57 Å². The zero-order valence-corrected chi connectivity index (χ0v) is 21.3. The Hall–Kier alpha value is -5.21. The molecule has 0 atom stereocenters. The fourth-order valence-electron chi connectivity index (χ4n) is 6.04. The quantitative estimate of drug-likeness (QED) is 0.238. The summed E-state index contributed by atoms with van der Waals surface area (Å²) in [5.41, 5.74) is 8.94. The van der Waals surface area contributed by atoms with E-state index in [1.54, 1.807) is 0 Å². The normalized spacial score (nSPS) is 11.6. The predicted molar refractivity (Wildman–Crippen MR) is 164 cm³/mol. The van der Waals surface area contributed by atoms with Crippen LogP contribution in [0.3, 0.4) is 0 Å². The molecule has 39 heavy (non-hydrogen) atoms. The first-order chi connectivity index (χ1) is 19.4. The van der Waals surface area contributed by atoms with Crippen molar-refractivity contribution in [1.29, 1.82) is 0 Å². The minimum Gasteiger partial charge on any atom is -0.307 e. The highest BCUT2D eigenvalue weighted by Crippen LogP contribution is 2.40. The Kier molecular flexibility index (Phi) is 4.86. The van der Waals surface area contributed by atoms with Crippen molar-refractivity contribution < 1.29 is 0 Å². The summed E-state index contributed by atoms with van der Waals surface area (Å²) < 4.78 is 2.38. The summed E-state index contributed by atoms with van der Waals surface area (Å²) in [6.07, 6.45) is 0. The standard InChI is InChI=1S/C37H24N2/c1-2-13-26(14-3-1)33-24-32(28-19-10-15-25-12-4-5-16-27(25)28)31-20-11-23-36(37(31)38-33)39-34-21-8-6-17-29(34)30-18-7-9-22-35(30)39/h1-24H. The number of benzene rings is 6. The Morgan fingerprint density at radius 3 is 1.79 bits per heavy atom. The first-order valence-electron chi connectivity index (χ1n) is 13.3. The van der Waals surface area contributed by atoms with Crippen LogP contribution in [0.4, 0.5) is 0 Å². The zero-order valence-electron chi connectivity index (χ0n) is 21.3. The van der Waals surface area contributed by atoms with Crippen LogP contribution in [0, 0.1) is 0 Å². The molecule has 2 heteroatoms. The van der Waals surface area contributed by atoms with E-state index in [2.05, 4.69) is 150 Å². The van der Waals surface area contributed by atoms with Crippen LogP contribution in [0.1, 0.15) is 0 Å². The summed E-state index contributed by atoms with van der Waals surface area (Å²) in [6, 6.07) is 51.9. The molecule has 0 amide bonds. The molecule has 0 spiro atoms. The molecule has 0 aliphatic rings. The number of fused-ring (bicyclic) bond motifs is 5. The smallest absolute Gasteiger partial charge is 0.0956 e. The SMILES string of the molecule is c1ccc(-c2cc(-c3cccc4ccccc34)c3cccc(-n4c5ccccc5c5ccccc54)c3n2)cc1. The largest absolute Gasteiger partial charge is 0.307 e. The highest BCUT2D eigenvalue weighted by molar-refractivity contribution is 6.12. The van der Waals surface area contributed by atoms with Crippen LogP contribution in [-0.2, 0) is 0 Å². The molecule has 0 N–H and O–H groups in total. The third-order valence-electron chi connectivity index (χ3n) is 7.79. The van der Waals surface area contributed by atoms with Crippen LogP contribution in [-0.4, -0.2) is 9.55 Å². The van der Waals surface area contributed by atoms with Gasteiger partial charge in [0, 0.05) is 21.7 Å². The number of nitrogens with zero attached hydrogens (tertiary/aromatic N) is 2. The molecular weight excluding hydrogens is 472 g/mol. The Labute approximate surface area is 226 Å². The molecule has 2 heterocycles. The second-order valence-corrected chi connectivity index (χ2v) is 9.99. The van der Waals surface area contributed by atoms with Gasteiger partial charge in [-0.25, -0.2) is 4.98 Å². The van der Waals surface area contributed by atoms with E-state index >= 15 is 0 Å². The molecule has 2 aromatic heterocycles. The summed E-state index contributed by atoms with van der Waals surface area (Å²) in [7, 11) is 0. The minimum absolute atomic E-state index is 0.972. The maximum Gasteiger partial charge on any atom is 0.0956 e. The van der Waals surface area contributed by atoms with Gasteiger partial charge in [-0.1, -0.05) is 121 Å². The molecule has 6 aromatic carbocycles. The van der Waals surface area contributed by atoms with Gasteiger partial charge >= 0.3 is 0 Å². The molecule has 0 aliphatic carbocycles. The first-order valence-corrected chi connectivity index (χ1v) is 13.3. The van der Waals surface area contributed by atoms with Crippen molar-refractivity contribution in [3.63, 3.8) is 0 Å². The Bertz CT molecular complexity index is 2110. The number of para-hydroxylation sites is 3. The van der Waals surface area contributed by atoms with Gasteiger partial charge in [0.25, 0.3) is 0 Å². The van der Waals surface area contributed by atoms with Crippen LogP contribution < -0.4 is 0 Å². The van der Waals surface area contributed by atoms with Crippen molar-refractivity contribution in [2.45, 2.75) is 0 Å². The maximum atomic E-state index is 5.36. The van der Waals surface area contributed by atoms with E-state index in [4.69, 9.17) is 4.98 Å². The van der Waals surface area contributed by atoms with Gasteiger partial charge in [-0.15, -0.1) is 0 Å². The zero-order chi connectivity index (χ0) is 25.8. The number of hydrogen-bond acceptors (Lipinski definition) is 1. The molecule has 2 nitrogen and oxygen atoms in total. The van der Waals surface area contributed by atoms with Gasteiger partial charge in [0.05, 0.1) is 27.9 Å². The fraction of sp³-hybridized carbons (Fsp3) is 0. The number of hydrogen-bond donors (Lipinski definition) is 0. The van der Waals surface area contributed by atoms with E-state index in [-0.39, 0.29) is 0 Å². The predicted octanol–water partition coefficient (Wildman–Crippen LogP) is 9.82. The molecule has 0 saturated carbocycles. The second kappa shape index (κ2) is 8.68. The van der Waals surface area contributed by atoms with E-state index in [1.165, 1.54) is 43.7 Å². The molecule has 0 saturated heterocycles. The Morgan fingerprint density at radius 2 is 1.03 bits per heavy atom. The lowest BCUT2D eigenvalue weighted by Crippen LogP contribution is -1.99. The van der Waals surface area contributed by atoms with Gasteiger partial charge in [-0.05, 0) is 46.2 Å². The highest BCUT2D eigenvalue weighted by atomic mass is 15.0. The van der Waals surface area contributed by atoms with Gasteiger partial charge in [0.2, 0.25) is 0 Å². The molecule has 0 radical (unpaired) electrons. The number of pyridine rings is 1. The van der Waals surface area contributed by atoms with Crippen molar-refractivity contribution in [1.82, 2.24) is 9.55 Å². The molecule has 0 unspecified atom stereocenters. The summed E-state index contributed by atoms with van der Waals surface area (Å²) in [4.78, 5) is 5.36. The van der Waals surface area contributed by atoms with Crippen LogP contribution in [0.15, 0.2) is 146 Å². The molecular formula is C37H24N2. The van der Waals surface area contributed by atoms with Gasteiger partial charge in [0.1, 0.15) is 0 Å². The average molecular weight is 497 g/mol. The summed E-state index contributed by atoms with van der Waals surface area (Å²) >= 11 is 0. The van der Waals surface area contributed by atoms with E-state index in [1.807, 2.05) is 0 Å². The summed E-state index contributed by atoms with van der Waals surface area (Å²) in [5, 5.41) is 6.12. The van der Waals surface area contributed by atoms with Crippen LogP contribution in [0.25, 0.3) is 71.6 Å². The maximum absolute atomic E-state index is 5.36. The van der Waals surface area contributed by atoms with Crippen LogP contribution in [0.5, 0.6) is 0 Å². The molecule has 0 aliphatic heterocycles. The molecule has 182 valence electrons. The minimum atomic E-state index is 0.972. The van der Waals surface area contributed by atoms with Crippen molar-refractivity contribution in [2.24, 2.45) is 0 Å². The summed E-state index contributed by atoms with van der Waals surface area (Å²) in [5.74, 6) is 0. The molecule has 8 aromatic rings. The monoisotopic (exact) mass is 496 g/mol. The third kappa shape index (κ3) is 3.39. The van der Waals surface area contributed by atoms with Crippen LogP contribution in [0.2, 0.25) is 0 Å². The Balaban J connectivity index is 1.53. The Morgan fingerprint density at radius 1 is 0.436 bits per heavy atom. The number of aromatic nitrogens is 2. The lowest BCUT2D eigenvalue weighted by molar-refractivity contribution is 1.18.